The molecule has 1 aliphatic carbocycles. The summed E-state index contributed by atoms with van der Waals surface area (Å²) >= 11 is 0. The Balaban J connectivity index is 1.58. The van der Waals surface area contributed by atoms with Crippen LogP contribution in [0.3, 0.4) is 0 Å². The quantitative estimate of drug-likeness (QED) is 0.411. The minimum Gasteiger partial charge on any atom is -0.493 e. The Hall–Kier alpha value is -3.22. The van der Waals surface area contributed by atoms with Gasteiger partial charge in [-0.05, 0) is 56.4 Å². The van der Waals surface area contributed by atoms with Crippen LogP contribution in [0, 0.1) is 0 Å². The maximum Gasteiger partial charge on any atom is 0.251 e. The monoisotopic (exact) mass is 438 g/mol. The molecule has 2 aromatic carbocycles. The Bertz CT molecular complexity index is 906. The summed E-state index contributed by atoms with van der Waals surface area (Å²) < 4.78 is 11.9. The molecule has 172 valence electrons. The van der Waals surface area contributed by atoms with Gasteiger partial charge in [0.15, 0.2) is 17.5 Å². The third kappa shape index (κ3) is 6.39. The van der Waals surface area contributed by atoms with Crippen LogP contribution in [0.25, 0.3) is 0 Å². The lowest BCUT2D eigenvalue weighted by molar-refractivity contribution is 0.0956. The smallest absolute Gasteiger partial charge is 0.251 e. The molecule has 3 N–H and O–H groups in total. The van der Waals surface area contributed by atoms with E-state index in [4.69, 9.17) is 9.47 Å². The first-order valence-corrected chi connectivity index (χ1v) is 11.3. The van der Waals surface area contributed by atoms with Gasteiger partial charge in [-0.3, -0.25) is 9.79 Å². The lowest BCUT2D eigenvalue weighted by atomic mass is 10.1. The van der Waals surface area contributed by atoms with Crippen molar-refractivity contribution in [3.8, 4) is 11.5 Å². The fraction of sp³-hybridized carbons (Fsp3) is 0.440. The van der Waals surface area contributed by atoms with Gasteiger partial charge in [-0.15, -0.1) is 0 Å². The first-order chi connectivity index (χ1) is 15.6. The van der Waals surface area contributed by atoms with Gasteiger partial charge in [0.1, 0.15) is 0 Å². The molecule has 7 heteroatoms. The minimum atomic E-state index is -0.0570. The van der Waals surface area contributed by atoms with E-state index in [9.17, 15) is 4.79 Å². The topological polar surface area (TPSA) is 84.0 Å². The summed E-state index contributed by atoms with van der Waals surface area (Å²) in [6, 6.07) is 13.5. The number of guanidine groups is 1. The van der Waals surface area contributed by atoms with Crippen molar-refractivity contribution in [2.24, 2.45) is 4.99 Å². The van der Waals surface area contributed by atoms with Gasteiger partial charge in [-0.1, -0.05) is 24.3 Å². The van der Waals surface area contributed by atoms with E-state index in [1.54, 1.807) is 14.2 Å². The Morgan fingerprint density at radius 2 is 1.75 bits per heavy atom. The predicted octanol–water partition coefficient (Wildman–Crippen LogP) is 3.63. The maximum atomic E-state index is 11.9. The predicted molar refractivity (Wildman–Crippen MR) is 127 cm³/mol. The summed E-state index contributed by atoms with van der Waals surface area (Å²) in [5.41, 5.74) is 2.75. The van der Waals surface area contributed by atoms with Crippen LogP contribution in [0.4, 0.5) is 0 Å². The molecule has 0 radical (unpaired) electrons. The Labute approximate surface area is 190 Å². The van der Waals surface area contributed by atoms with Crippen molar-refractivity contribution in [3.63, 3.8) is 0 Å². The van der Waals surface area contributed by atoms with Crippen LogP contribution in [-0.2, 0) is 13.1 Å². The highest BCUT2D eigenvalue weighted by atomic mass is 16.5. The molecule has 0 aliphatic heterocycles. The molecule has 1 aliphatic rings. The normalized spacial score (nSPS) is 14.2. The number of amides is 1. The molecule has 0 aromatic heterocycles. The molecule has 2 aromatic rings. The van der Waals surface area contributed by atoms with E-state index in [1.807, 2.05) is 49.4 Å². The molecule has 7 nitrogen and oxygen atoms in total. The molecular weight excluding hydrogens is 404 g/mol. The zero-order valence-corrected chi connectivity index (χ0v) is 19.2. The van der Waals surface area contributed by atoms with E-state index in [1.165, 1.54) is 12.8 Å². The van der Waals surface area contributed by atoms with Crippen LogP contribution in [0.2, 0.25) is 0 Å². The van der Waals surface area contributed by atoms with E-state index in [0.717, 1.165) is 35.5 Å². The summed E-state index contributed by atoms with van der Waals surface area (Å²) in [7, 11) is 3.42. The van der Waals surface area contributed by atoms with Crippen LogP contribution in [0.15, 0.2) is 47.5 Å². The van der Waals surface area contributed by atoms with E-state index in [2.05, 4.69) is 20.9 Å². The third-order valence-corrected chi connectivity index (χ3v) is 5.55. The molecule has 3 rings (SSSR count). The van der Waals surface area contributed by atoms with Crippen molar-refractivity contribution in [1.82, 2.24) is 16.0 Å². The van der Waals surface area contributed by atoms with Crippen LogP contribution < -0.4 is 25.4 Å². The van der Waals surface area contributed by atoms with E-state index < -0.39 is 0 Å². The lowest BCUT2D eigenvalue weighted by Gasteiger charge is -2.20. The Kier molecular flexibility index (Phi) is 8.78. The maximum absolute atomic E-state index is 11.9. The first kappa shape index (κ1) is 23.4. The zero-order chi connectivity index (χ0) is 22.8. The SMILES string of the molecule is CCNC(=O)c1ccc(CNC(=NC)NCc2cccc(OC)c2OC2CCCC2)cc1. The fourth-order valence-corrected chi connectivity index (χ4v) is 3.79. The van der Waals surface area contributed by atoms with Gasteiger partial charge in [0, 0.05) is 37.8 Å². The number of benzene rings is 2. The van der Waals surface area contributed by atoms with Crippen molar-refractivity contribution >= 4 is 11.9 Å². The molecule has 0 atom stereocenters. The average molecular weight is 439 g/mol. The van der Waals surface area contributed by atoms with Crippen LogP contribution >= 0.6 is 0 Å². The lowest BCUT2D eigenvalue weighted by Crippen LogP contribution is -2.36. The molecule has 1 saturated carbocycles. The Morgan fingerprint density at radius 3 is 2.41 bits per heavy atom. The number of para-hydroxylation sites is 1. The van der Waals surface area contributed by atoms with E-state index in [-0.39, 0.29) is 12.0 Å². The largest absolute Gasteiger partial charge is 0.493 e. The molecule has 0 unspecified atom stereocenters. The zero-order valence-electron chi connectivity index (χ0n) is 19.2. The number of aliphatic imine (C=N–C) groups is 1. The van der Waals surface area contributed by atoms with Crippen molar-refractivity contribution in [1.29, 1.82) is 0 Å². The number of nitrogens with one attached hydrogen (secondary N) is 3. The Morgan fingerprint density at radius 1 is 1.03 bits per heavy atom. The third-order valence-electron chi connectivity index (χ3n) is 5.55. The second-order valence-corrected chi connectivity index (χ2v) is 7.81. The number of rotatable bonds is 9. The van der Waals surface area contributed by atoms with Crippen LogP contribution in [0.5, 0.6) is 11.5 Å². The molecule has 0 heterocycles. The van der Waals surface area contributed by atoms with Crippen LogP contribution in [-0.4, -0.2) is 38.7 Å². The number of ether oxygens (including phenoxy) is 2. The van der Waals surface area contributed by atoms with Crippen molar-refractivity contribution < 1.29 is 14.3 Å². The number of carbonyl (C=O) groups is 1. The second kappa shape index (κ2) is 12.0. The highest BCUT2D eigenvalue weighted by Gasteiger charge is 2.20. The number of hydrogen-bond acceptors (Lipinski definition) is 4. The number of nitrogens with zero attached hydrogens (tertiary/aromatic N) is 1. The number of carbonyl (C=O) groups excluding carboxylic acids is 1. The number of methoxy groups -OCH3 is 1. The molecule has 0 bridgehead atoms. The molecule has 32 heavy (non-hydrogen) atoms. The summed E-state index contributed by atoms with van der Waals surface area (Å²) in [6.07, 6.45) is 4.87. The second-order valence-electron chi connectivity index (χ2n) is 7.81. The minimum absolute atomic E-state index is 0.0570. The highest BCUT2D eigenvalue weighted by molar-refractivity contribution is 5.94. The van der Waals surface area contributed by atoms with Gasteiger partial charge in [0.2, 0.25) is 0 Å². The molecule has 0 spiro atoms. The van der Waals surface area contributed by atoms with E-state index in [0.29, 0.717) is 31.2 Å². The molecule has 1 amide bonds. The standard InChI is InChI=1S/C25H34N4O3/c1-4-27-24(30)19-14-12-18(13-15-19)16-28-25(26-2)29-17-20-8-7-11-22(31-3)23(20)32-21-9-5-6-10-21/h7-8,11-15,21H,4-6,9-10,16-17H2,1-3H3,(H,27,30)(H2,26,28,29). The van der Waals surface area contributed by atoms with Gasteiger partial charge in [0.05, 0.1) is 13.2 Å². The van der Waals surface area contributed by atoms with Crippen molar-refractivity contribution in [3.05, 3.63) is 59.2 Å². The summed E-state index contributed by atoms with van der Waals surface area (Å²) in [6.45, 7) is 3.68. The molecule has 0 saturated heterocycles. The molecular formula is C25H34N4O3. The first-order valence-electron chi connectivity index (χ1n) is 11.3. The summed E-state index contributed by atoms with van der Waals surface area (Å²) in [5, 5.41) is 9.48. The highest BCUT2D eigenvalue weighted by Crippen LogP contribution is 2.34. The van der Waals surface area contributed by atoms with Gasteiger partial charge in [-0.2, -0.15) is 0 Å². The van der Waals surface area contributed by atoms with E-state index >= 15 is 0 Å². The summed E-state index contributed by atoms with van der Waals surface area (Å²) in [4.78, 5) is 16.2. The van der Waals surface area contributed by atoms with Crippen molar-refractivity contribution in [2.45, 2.75) is 51.8 Å². The van der Waals surface area contributed by atoms with Crippen LogP contribution in [0.1, 0.15) is 54.1 Å². The number of hydrogen-bond donors (Lipinski definition) is 3. The summed E-state index contributed by atoms with van der Waals surface area (Å²) in [5.74, 6) is 2.20. The van der Waals surface area contributed by atoms with Gasteiger partial charge in [-0.25, -0.2) is 0 Å². The fourth-order valence-electron chi connectivity index (χ4n) is 3.79. The van der Waals surface area contributed by atoms with Gasteiger partial charge >= 0.3 is 0 Å². The average Bonchev–Trinajstić information content (AvgIpc) is 3.33. The van der Waals surface area contributed by atoms with Gasteiger partial charge in [0.25, 0.3) is 5.91 Å². The van der Waals surface area contributed by atoms with Crippen molar-refractivity contribution in [2.75, 3.05) is 20.7 Å². The molecule has 1 fully saturated rings. The van der Waals surface area contributed by atoms with Gasteiger partial charge < -0.3 is 25.4 Å².